The molecule has 0 bridgehead atoms. The van der Waals surface area contributed by atoms with Gasteiger partial charge in [0, 0.05) is 5.92 Å². The summed E-state index contributed by atoms with van der Waals surface area (Å²) in [7, 11) is 0. The maximum absolute atomic E-state index is 6.43. The fraction of sp³-hybridized carbons (Fsp3) is 0.357. The summed E-state index contributed by atoms with van der Waals surface area (Å²) < 4.78 is 25.1. The van der Waals surface area contributed by atoms with Gasteiger partial charge in [-0.1, -0.05) is 97.9 Å². The van der Waals surface area contributed by atoms with Gasteiger partial charge in [0.1, 0.15) is 12.2 Å². The molecule has 4 nitrogen and oxygen atoms in total. The van der Waals surface area contributed by atoms with E-state index in [1.54, 1.807) is 0 Å². The second-order valence-electron chi connectivity index (χ2n) is 8.37. The van der Waals surface area contributed by atoms with E-state index in [0.29, 0.717) is 33.0 Å². The van der Waals surface area contributed by atoms with Crippen LogP contribution in [0.1, 0.15) is 23.6 Å². The van der Waals surface area contributed by atoms with E-state index in [9.17, 15) is 0 Å². The summed E-state index contributed by atoms with van der Waals surface area (Å²) in [4.78, 5) is 0. The van der Waals surface area contributed by atoms with E-state index in [1.165, 1.54) is 0 Å². The van der Waals surface area contributed by atoms with Gasteiger partial charge < -0.3 is 18.9 Å². The fourth-order valence-corrected chi connectivity index (χ4v) is 4.01. The Bertz CT molecular complexity index is 900. The lowest BCUT2D eigenvalue weighted by Gasteiger charge is -2.41. The molecule has 3 aromatic rings. The average molecular weight is 433 g/mol. The lowest BCUT2D eigenvalue weighted by Crippen LogP contribution is -2.53. The van der Waals surface area contributed by atoms with Crippen LogP contribution in [0.25, 0.3) is 0 Å². The highest BCUT2D eigenvalue weighted by Crippen LogP contribution is 2.28. The quantitative estimate of drug-likeness (QED) is 0.429. The molecule has 1 aliphatic heterocycles. The maximum atomic E-state index is 6.43. The first-order valence-corrected chi connectivity index (χ1v) is 11.3. The van der Waals surface area contributed by atoms with Crippen LogP contribution >= 0.6 is 0 Å². The molecule has 1 saturated heterocycles. The van der Waals surface area contributed by atoms with Gasteiger partial charge in [-0.3, -0.25) is 0 Å². The van der Waals surface area contributed by atoms with Gasteiger partial charge in [-0.2, -0.15) is 0 Å². The molecule has 0 aromatic heterocycles. The van der Waals surface area contributed by atoms with E-state index in [1.807, 2.05) is 54.6 Å². The third-order valence-corrected chi connectivity index (χ3v) is 5.79. The molecule has 0 saturated carbocycles. The fourth-order valence-electron chi connectivity index (χ4n) is 4.01. The van der Waals surface area contributed by atoms with Gasteiger partial charge >= 0.3 is 0 Å². The topological polar surface area (TPSA) is 36.9 Å². The van der Waals surface area contributed by atoms with Crippen LogP contribution in [0, 0.1) is 5.92 Å². The molecule has 0 N–H and O–H groups in total. The van der Waals surface area contributed by atoms with E-state index in [-0.39, 0.29) is 24.2 Å². The van der Waals surface area contributed by atoms with Crippen molar-refractivity contribution in [3.8, 4) is 0 Å². The van der Waals surface area contributed by atoms with Crippen molar-refractivity contribution in [2.75, 3.05) is 13.2 Å². The number of benzene rings is 3. The highest BCUT2D eigenvalue weighted by molar-refractivity contribution is 5.15. The second kappa shape index (κ2) is 11.9. The van der Waals surface area contributed by atoms with Crippen molar-refractivity contribution in [3.05, 3.63) is 108 Å². The Morgan fingerprint density at radius 3 is 1.66 bits per heavy atom. The van der Waals surface area contributed by atoms with Gasteiger partial charge in [-0.15, -0.1) is 0 Å². The van der Waals surface area contributed by atoms with E-state index in [4.69, 9.17) is 18.9 Å². The number of ether oxygens (including phenoxy) is 4. The summed E-state index contributed by atoms with van der Waals surface area (Å²) in [5, 5.41) is 0. The van der Waals surface area contributed by atoms with Crippen LogP contribution in [0.5, 0.6) is 0 Å². The normalized spacial score (nSPS) is 23.2. The molecule has 0 amide bonds. The smallest absolute Gasteiger partial charge is 0.113 e. The molecule has 4 unspecified atom stereocenters. The van der Waals surface area contributed by atoms with Crippen LogP contribution in [0.4, 0.5) is 0 Å². The molecule has 0 aliphatic carbocycles. The van der Waals surface area contributed by atoms with Gasteiger partial charge in [0.2, 0.25) is 0 Å². The molecule has 4 atom stereocenters. The summed E-state index contributed by atoms with van der Waals surface area (Å²) in [6.07, 6.45) is -0.462. The molecule has 1 aliphatic rings. The Morgan fingerprint density at radius 2 is 1.12 bits per heavy atom. The molecule has 0 spiro atoms. The SMILES string of the molecule is CC1COC(COCc2ccccc2)C(OCc2ccccc2)C1OCc1ccccc1. The Hall–Kier alpha value is -2.50. The molecule has 4 heteroatoms. The highest BCUT2D eigenvalue weighted by Gasteiger charge is 2.40. The van der Waals surface area contributed by atoms with E-state index in [2.05, 4.69) is 43.3 Å². The maximum Gasteiger partial charge on any atom is 0.113 e. The van der Waals surface area contributed by atoms with Crippen molar-refractivity contribution < 1.29 is 18.9 Å². The molecule has 3 aromatic carbocycles. The van der Waals surface area contributed by atoms with Crippen molar-refractivity contribution in [3.63, 3.8) is 0 Å². The molecule has 1 heterocycles. The van der Waals surface area contributed by atoms with Crippen LogP contribution in [0.3, 0.4) is 0 Å². The summed E-state index contributed by atoms with van der Waals surface area (Å²) >= 11 is 0. The number of hydrogen-bond donors (Lipinski definition) is 0. The summed E-state index contributed by atoms with van der Waals surface area (Å²) in [5.41, 5.74) is 3.44. The van der Waals surface area contributed by atoms with Crippen LogP contribution in [-0.4, -0.2) is 31.5 Å². The third kappa shape index (κ3) is 6.50. The lowest BCUT2D eigenvalue weighted by atomic mass is 9.93. The zero-order valence-corrected chi connectivity index (χ0v) is 18.6. The summed E-state index contributed by atoms with van der Waals surface area (Å²) in [6, 6.07) is 30.7. The Balaban J connectivity index is 1.42. The molecule has 4 rings (SSSR count). The first-order chi connectivity index (χ1) is 15.8. The Kier molecular flexibility index (Phi) is 8.46. The Labute approximate surface area is 191 Å². The van der Waals surface area contributed by atoms with E-state index >= 15 is 0 Å². The molecular weight excluding hydrogens is 400 g/mol. The summed E-state index contributed by atoms with van der Waals surface area (Å²) in [5.74, 6) is 0.227. The monoisotopic (exact) mass is 432 g/mol. The van der Waals surface area contributed by atoms with Crippen LogP contribution in [-0.2, 0) is 38.8 Å². The third-order valence-electron chi connectivity index (χ3n) is 5.79. The predicted molar refractivity (Wildman–Crippen MR) is 125 cm³/mol. The van der Waals surface area contributed by atoms with Gasteiger partial charge in [-0.25, -0.2) is 0 Å². The standard InChI is InChI=1S/C28H32O4/c1-22-17-30-26(21-29-18-23-11-5-2-6-12-23)28(32-20-25-15-9-4-10-16-25)27(22)31-19-24-13-7-3-8-14-24/h2-16,22,26-28H,17-21H2,1H3. The zero-order chi connectivity index (χ0) is 22.0. The van der Waals surface area contributed by atoms with Gasteiger partial charge in [-0.05, 0) is 16.7 Å². The Morgan fingerprint density at radius 1 is 0.656 bits per heavy atom. The molecule has 0 radical (unpaired) electrons. The molecule has 168 valence electrons. The van der Waals surface area contributed by atoms with Crippen molar-refractivity contribution in [2.24, 2.45) is 5.92 Å². The van der Waals surface area contributed by atoms with Crippen LogP contribution < -0.4 is 0 Å². The van der Waals surface area contributed by atoms with Gasteiger partial charge in [0.15, 0.2) is 0 Å². The summed E-state index contributed by atoms with van der Waals surface area (Å²) in [6.45, 7) is 4.88. The molecule has 1 fully saturated rings. The van der Waals surface area contributed by atoms with Crippen molar-refractivity contribution in [2.45, 2.75) is 45.1 Å². The van der Waals surface area contributed by atoms with Crippen LogP contribution in [0.15, 0.2) is 91.0 Å². The van der Waals surface area contributed by atoms with Gasteiger partial charge in [0.25, 0.3) is 0 Å². The first-order valence-electron chi connectivity index (χ1n) is 11.3. The lowest BCUT2D eigenvalue weighted by molar-refractivity contribution is -0.216. The van der Waals surface area contributed by atoms with Gasteiger partial charge in [0.05, 0.1) is 39.1 Å². The molecule has 32 heavy (non-hydrogen) atoms. The highest BCUT2D eigenvalue weighted by atomic mass is 16.6. The minimum Gasteiger partial charge on any atom is -0.374 e. The van der Waals surface area contributed by atoms with Crippen LogP contribution in [0.2, 0.25) is 0 Å². The first kappa shape index (κ1) is 22.7. The van der Waals surface area contributed by atoms with Crippen molar-refractivity contribution in [1.82, 2.24) is 0 Å². The minimum atomic E-state index is -0.210. The second-order valence-corrected chi connectivity index (χ2v) is 8.37. The van der Waals surface area contributed by atoms with E-state index < -0.39 is 0 Å². The minimum absolute atomic E-state index is 0.0713. The zero-order valence-electron chi connectivity index (χ0n) is 18.6. The average Bonchev–Trinajstić information content (AvgIpc) is 2.85. The largest absolute Gasteiger partial charge is 0.374 e. The number of hydrogen-bond acceptors (Lipinski definition) is 4. The van der Waals surface area contributed by atoms with E-state index in [0.717, 1.165) is 16.7 Å². The molecular formula is C28H32O4. The predicted octanol–water partition coefficient (Wildman–Crippen LogP) is 5.41. The number of rotatable bonds is 10. The van der Waals surface area contributed by atoms with Crippen molar-refractivity contribution in [1.29, 1.82) is 0 Å². The van der Waals surface area contributed by atoms with Crippen molar-refractivity contribution >= 4 is 0 Å².